The van der Waals surface area contributed by atoms with Crippen molar-refractivity contribution >= 4 is 29.5 Å². The molecule has 6 nitrogen and oxygen atoms in total. The van der Waals surface area contributed by atoms with Crippen LogP contribution in [0.25, 0.3) is 0 Å². The molecule has 0 amide bonds. The second-order valence-electron chi connectivity index (χ2n) is 3.69. The maximum atomic E-state index is 11.6. The Bertz CT molecular complexity index is 552. The minimum atomic E-state index is -0.643. The Kier molecular flexibility index (Phi) is 5.52. The molecule has 0 saturated heterocycles. The van der Waals surface area contributed by atoms with Gasteiger partial charge in [0.05, 0.1) is 17.2 Å². The maximum Gasteiger partial charge on any atom is 0.338 e. The summed E-state index contributed by atoms with van der Waals surface area (Å²) in [5, 5.41) is -0.0398. The molecule has 0 radical (unpaired) electrons. The van der Waals surface area contributed by atoms with E-state index in [1.165, 1.54) is 26.0 Å². The van der Waals surface area contributed by atoms with E-state index in [-0.39, 0.29) is 28.7 Å². The van der Waals surface area contributed by atoms with E-state index in [9.17, 15) is 14.4 Å². The molecule has 0 unspecified atom stereocenters. The largest absolute Gasteiger partial charge is 0.462 e. The van der Waals surface area contributed by atoms with Gasteiger partial charge in [-0.1, -0.05) is 11.6 Å². The molecule has 1 aromatic rings. The summed E-state index contributed by atoms with van der Waals surface area (Å²) in [6, 6.07) is 2.49. The predicted molar refractivity (Wildman–Crippen MR) is 70.0 cm³/mol. The Morgan fingerprint density at radius 1 is 1.10 bits per heavy atom. The quantitative estimate of drug-likeness (QED) is 0.627. The molecular weight excluding hydrogens is 288 g/mol. The molecule has 0 aliphatic carbocycles. The van der Waals surface area contributed by atoms with Gasteiger partial charge in [-0.3, -0.25) is 9.59 Å². The lowest BCUT2D eigenvalue weighted by molar-refractivity contribution is -0.134. The van der Waals surface area contributed by atoms with Crippen LogP contribution in [0, 0.1) is 0 Å². The van der Waals surface area contributed by atoms with Gasteiger partial charge >= 0.3 is 17.9 Å². The molecule has 0 heterocycles. The molecule has 0 aromatic heterocycles. The number of benzene rings is 1. The number of hydrogen-bond donors (Lipinski definition) is 0. The minimum Gasteiger partial charge on any atom is -0.462 e. The van der Waals surface area contributed by atoms with Crippen LogP contribution in [0.15, 0.2) is 12.1 Å². The molecule has 1 aromatic carbocycles. The van der Waals surface area contributed by atoms with Gasteiger partial charge in [-0.05, 0) is 19.1 Å². The van der Waals surface area contributed by atoms with Crippen molar-refractivity contribution in [3.05, 3.63) is 22.7 Å². The van der Waals surface area contributed by atoms with E-state index in [0.717, 1.165) is 0 Å². The van der Waals surface area contributed by atoms with E-state index in [1.54, 1.807) is 6.92 Å². The SMILES string of the molecule is CCOC(=O)c1cc(Cl)c(OC(C)=O)c(OC(C)=O)c1. The summed E-state index contributed by atoms with van der Waals surface area (Å²) in [5.41, 5.74) is 0.0870. The molecule has 108 valence electrons. The second-order valence-corrected chi connectivity index (χ2v) is 4.10. The third kappa shape index (κ3) is 4.24. The van der Waals surface area contributed by atoms with Gasteiger partial charge in [-0.15, -0.1) is 0 Å². The average Bonchev–Trinajstić information content (AvgIpc) is 2.32. The topological polar surface area (TPSA) is 78.9 Å². The van der Waals surface area contributed by atoms with Crippen LogP contribution in [0.2, 0.25) is 5.02 Å². The Hall–Kier alpha value is -2.08. The first-order valence-electron chi connectivity index (χ1n) is 5.72. The van der Waals surface area contributed by atoms with Crippen LogP contribution in [0.4, 0.5) is 0 Å². The highest BCUT2D eigenvalue weighted by atomic mass is 35.5. The number of carbonyl (C=O) groups excluding carboxylic acids is 3. The Morgan fingerprint density at radius 2 is 1.70 bits per heavy atom. The fourth-order valence-electron chi connectivity index (χ4n) is 1.37. The van der Waals surface area contributed by atoms with Gasteiger partial charge in [0, 0.05) is 13.8 Å². The minimum absolute atomic E-state index is 0.0398. The number of halogens is 1. The average molecular weight is 301 g/mol. The monoisotopic (exact) mass is 300 g/mol. The number of rotatable bonds is 4. The first-order valence-corrected chi connectivity index (χ1v) is 6.10. The molecule has 0 N–H and O–H groups in total. The fourth-order valence-corrected chi connectivity index (χ4v) is 1.62. The van der Waals surface area contributed by atoms with Crippen molar-refractivity contribution < 1.29 is 28.6 Å². The summed E-state index contributed by atoms with van der Waals surface area (Å²) >= 11 is 5.93. The van der Waals surface area contributed by atoms with Crippen LogP contribution in [-0.4, -0.2) is 24.5 Å². The first-order chi connectivity index (χ1) is 9.35. The lowest BCUT2D eigenvalue weighted by Gasteiger charge is -2.12. The summed E-state index contributed by atoms with van der Waals surface area (Å²) in [6.07, 6.45) is 0. The fraction of sp³-hybridized carbons (Fsp3) is 0.308. The lowest BCUT2D eigenvalue weighted by Crippen LogP contribution is -2.10. The smallest absolute Gasteiger partial charge is 0.338 e. The number of esters is 3. The van der Waals surface area contributed by atoms with Crippen molar-refractivity contribution in [1.82, 2.24) is 0 Å². The van der Waals surface area contributed by atoms with Crippen molar-refractivity contribution in [3.8, 4) is 11.5 Å². The van der Waals surface area contributed by atoms with E-state index >= 15 is 0 Å². The molecule has 7 heteroatoms. The maximum absolute atomic E-state index is 11.6. The first kappa shape index (κ1) is 16.0. The second kappa shape index (κ2) is 6.91. The molecule has 0 fully saturated rings. The lowest BCUT2D eigenvalue weighted by atomic mass is 10.2. The van der Waals surface area contributed by atoms with Gasteiger partial charge in [0.1, 0.15) is 0 Å². The third-order valence-electron chi connectivity index (χ3n) is 2.02. The molecule has 0 bridgehead atoms. The van der Waals surface area contributed by atoms with Gasteiger partial charge in [0.2, 0.25) is 0 Å². The Labute approximate surface area is 120 Å². The summed E-state index contributed by atoms with van der Waals surface area (Å²) < 4.78 is 14.6. The van der Waals surface area contributed by atoms with Crippen LogP contribution in [-0.2, 0) is 14.3 Å². The molecule has 0 atom stereocenters. The van der Waals surface area contributed by atoms with E-state index < -0.39 is 17.9 Å². The van der Waals surface area contributed by atoms with Crippen molar-refractivity contribution in [2.75, 3.05) is 6.61 Å². The molecule has 1 rings (SSSR count). The van der Waals surface area contributed by atoms with Crippen molar-refractivity contribution in [3.63, 3.8) is 0 Å². The highest BCUT2D eigenvalue weighted by Gasteiger charge is 2.19. The summed E-state index contributed by atoms with van der Waals surface area (Å²) in [5.74, 6) is -2.15. The highest BCUT2D eigenvalue weighted by Crippen LogP contribution is 2.37. The third-order valence-corrected chi connectivity index (χ3v) is 2.30. The molecular formula is C13H13ClO6. The zero-order chi connectivity index (χ0) is 15.3. The number of hydrogen-bond acceptors (Lipinski definition) is 6. The van der Waals surface area contributed by atoms with Gasteiger partial charge < -0.3 is 14.2 Å². The summed E-state index contributed by atoms with van der Waals surface area (Å²) in [7, 11) is 0. The van der Waals surface area contributed by atoms with Crippen LogP contribution in [0.1, 0.15) is 31.1 Å². The number of carbonyl (C=O) groups is 3. The van der Waals surface area contributed by atoms with Crippen molar-refractivity contribution in [2.24, 2.45) is 0 Å². The van der Waals surface area contributed by atoms with E-state index in [4.69, 9.17) is 25.8 Å². The standard InChI is InChI=1S/C13H13ClO6/c1-4-18-13(17)9-5-10(14)12(20-8(3)16)11(6-9)19-7(2)15/h5-6H,4H2,1-3H3. The van der Waals surface area contributed by atoms with Gasteiger partial charge in [-0.25, -0.2) is 4.79 Å². The van der Waals surface area contributed by atoms with Crippen LogP contribution in [0.3, 0.4) is 0 Å². The van der Waals surface area contributed by atoms with Crippen molar-refractivity contribution in [2.45, 2.75) is 20.8 Å². The summed E-state index contributed by atoms with van der Waals surface area (Å²) in [4.78, 5) is 33.7. The van der Waals surface area contributed by atoms with Crippen LogP contribution in [0.5, 0.6) is 11.5 Å². The molecule has 0 aliphatic rings. The molecule has 0 aliphatic heterocycles. The zero-order valence-electron chi connectivity index (χ0n) is 11.2. The van der Waals surface area contributed by atoms with Crippen LogP contribution >= 0.6 is 11.6 Å². The molecule has 20 heavy (non-hydrogen) atoms. The van der Waals surface area contributed by atoms with E-state index in [1.807, 2.05) is 0 Å². The van der Waals surface area contributed by atoms with Crippen LogP contribution < -0.4 is 9.47 Å². The molecule has 0 spiro atoms. The van der Waals surface area contributed by atoms with Gasteiger partial charge in [-0.2, -0.15) is 0 Å². The van der Waals surface area contributed by atoms with Gasteiger partial charge in [0.25, 0.3) is 0 Å². The van der Waals surface area contributed by atoms with E-state index in [2.05, 4.69) is 0 Å². The summed E-state index contributed by atoms with van der Waals surface area (Å²) in [6.45, 7) is 4.18. The number of ether oxygens (including phenoxy) is 3. The van der Waals surface area contributed by atoms with Gasteiger partial charge in [0.15, 0.2) is 11.5 Å². The highest BCUT2D eigenvalue weighted by molar-refractivity contribution is 6.32. The normalized spacial score (nSPS) is 9.80. The molecule has 0 saturated carbocycles. The Morgan fingerprint density at radius 3 is 2.20 bits per heavy atom. The predicted octanol–water partition coefficient (Wildman–Crippen LogP) is 2.37. The zero-order valence-corrected chi connectivity index (χ0v) is 11.9. The van der Waals surface area contributed by atoms with E-state index in [0.29, 0.717) is 0 Å². The van der Waals surface area contributed by atoms with Crippen molar-refractivity contribution in [1.29, 1.82) is 0 Å². The Balaban J connectivity index is 3.27.